The lowest BCUT2D eigenvalue weighted by Crippen LogP contribution is -2.45. The second-order valence-corrected chi connectivity index (χ2v) is 7.38. The Morgan fingerprint density at radius 2 is 2.18 bits per heavy atom. The normalized spacial score (nSPS) is 26.2. The van der Waals surface area contributed by atoms with E-state index in [-0.39, 0.29) is 0 Å². The van der Waals surface area contributed by atoms with Crippen molar-refractivity contribution in [2.24, 2.45) is 5.92 Å². The fraction of sp³-hybridized carbons (Fsp3) is 0.529. The van der Waals surface area contributed by atoms with E-state index in [0.29, 0.717) is 0 Å². The number of likely N-dealkylation sites (tertiary alicyclic amines) is 2. The van der Waals surface area contributed by atoms with Crippen LogP contribution in [0.2, 0.25) is 0 Å². The van der Waals surface area contributed by atoms with Crippen molar-refractivity contribution in [2.75, 3.05) is 19.6 Å². The van der Waals surface area contributed by atoms with Crippen molar-refractivity contribution < 1.29 is 0 Å². The molecule has 22 heavy (non-hydrogen) atoms. The van der Waals surface area contributed by atoms with Gasteiger partial charge in [-0.05, 0) is 43.5 Å². The van der Waals surface area contributed by atoms with Gasteiger partial charge < -0.3 is 0 Å². The zero-order valence-corrected chi connectivity index (χ0v) is 13.6. The van der Waals surface area contributed by atoms with Crippen molar-refractivity contribution >= 4 is 11.3 Å². The Bertz CT molecular complexity index is 586. The quantitative estimate of drug-likeness (QED) is 0.868. The molecule has 2 saturated heterocycles. The van der Waals surface area contributed by atoms with Crippen molar-refractivity contribution in [3.8, 4) is 0 Å². The molecule has 0 amide bonds. The van der Waals surface area contributed by atoms with E-state index in [2.05, 4.69) is 31.2 Å². The molecule has 0 aliphatic carbocycles. The molecule has 2 fully saturated rings. The third-order valence-electron chi connectivity index (χ3n) is 4.98. The minimum absolute atomic E-state index is 0.758. The van der Waals surface area contributed by atoms with Crippen LogP contribution in [-0.4, -0.2) is 45.4 Å². The van der Waals surface area contributed by atoms with Gasteiger partial charge in [-0.3, -0.25) is 14.8 Å². The number of fused-ring (bicyclic) bond motifs is 1. The highest BCUT2D eigenvalue weighted by Crippen LogP contribution is 2.33. The minimum Gasteiger partial charge on any atom is -0.299 e. The Kier molecular flexibility index (Phi) is 4.19. The van der Waals surface area contributed by atoms with Gasteiger partial charge in [0, 0.05) is 43.1 Å². The second-order valence-electron chi connectivity index (χ2n) is 6.40. The molecule has 0 radical (unpaired) electrons. The number of piperidine rings is 1. The van der Waals surface area contributed by atoms with Crippen LogP contribution >= 0.6 is 11.3 Å². The lowest BCUT2D eigenvalue weighted by molar-refractivity contribution is 0.103. The predicted molar refractivity (Wildman–Crippen MR) is 88.6 cm³/mol. The molecule has 5 heteroatoms. The Morgan fingerprint density at radius 1 is 1.18 bits per heavy atom. The highest BCUT2D eigenvalue weighted by atomic mass is 32.1. The first-order valence-electron chi connectivity index (χ1n) is 8.12. The van der Waals surface area contributed by atoms with Crippen molar-refractivity contribution in [2.45, 2.75) is 32.0 Å². The van der Waals surface area contributed by atoms with Crippen molar-refractivity contribution in [3.05, 3.63) is 46.7 Å². The molecule has 0 unspecified atom stereocenters. The van der Waals surface area contributed by atoms with Gasteiger partial charge in [-0.25, -0.2) is 4.98 Å². The standard InChI is InChI=1S/C17H22N4S/c1-2-14(10-18-5-1)11-20-7-4-16-15(12-20)3-8-21(16)13-17-19-6-9-22-17/h1-2,5-6,9-10,15-16H,3-4,7-8,11-13H2/t15-,16-/m1/s1. The number of pyridine rings is 1. The molecular weight excluding hydrogens is 292 g/mol. The molecule has 2 aliphatic heterocycles. The molecule has 4 nitrogen and oxygen atoms in total. The molecular formula is C17H22N4S. The Hall–Kier alpha value is -1.30. The SMILES string of the molecule is c1cncc(CN2CC[C@@H]3[C@H](CCN3Cc3nccs3)C2)c1. The molecule has 4 heterocycles. The highest BCUT2D eigenvalue weighted by Gasteiger charge is 2.38. The van der Waals surface area contributed by atoms with Gasteiger partial charge in [-0.15, -0.1) is 11.3 Å². The third-order valence-corrected chi connectivity index (χ3v) is 5.75. The van der Waals surface area contributed by atoms with Crippen LogP contribution in [0.4, 0.5) is 0 Å². The van der Waals surface area contributed by atoms with Gasteiger partial charge in [0.05, 0.1) is 6.54 Å². The van der Waals surface area contributed by atoms with Crippen LogP contribution in [0.25, 0.3) is 0 Å². The zero-order chi connectivity index (χ0) is 14.8. The van der Waals surface area contributed by atoms with E-state index in [1.165, 1.54) is 43.0 Å². The number of hydrogen-bond acceptors (Lipinski definition) is 5. The van der Waals surface area contributed by atoms with Gasteiger partial charge in [-0.1, -0.05) is 6.07 Å². The van der Waals surface area contributed by atoms with Gasteiger partial charge in [0.1, 0.15) is 5.01 Å². The molecule has 4 rings (SSSR count). The summed E-state index contributed by atoms with van der Waals surface area (Å²) in [5.74, 6) is 0.824. The lowest BCUT2D eigenvalue weighted by Gasteiger charge is -2.37. The van der Waals surface area contributed by atoms with Gasteiger partial charge >= 0.3 is 0 Å². The zero-order valence-electron chi connectivity index (χ0n) is 12.8. The maximum atomic E-state index is 4.45. The molecule has 0 spiro atoms. The molecule has 0 aromatic carbocycles. The summed E-state index contributed by atoms with van der Waals surface area (Å²) < 4.78 is 0. The van der Waals surface area contributed by atoms with Crippen LogP contribution in [0.5, 0.6) is 0 Å². The number of rotatable bonds is 4. The molecule has 116 valence electrons. The predicted octanol–water partition coefficient (Wildman–Crippen LogP) is 2.63. The smallest absolute Gasteiger partial charge is 0.107 e. The van der Waals surface area contributed by atoms with Crippen molar-refractivity contribution in [3.63, 3.8) is 0 Å². The van der Waals surface area contributed by atoms with E-state index in [9.17, 15) is 0 Å². The van der Waals surface area contributed by atoms with Gasteiger partial charge in [0.25, 0.3) is 0 Å². The third kappa shape index (κ3) is 3.07. The minimum atomic E-state index is 0.758. The van der Waals surface area contributed by atoms with Crippen LogP contribution in [0.3, 0.4) is 0 Å². The molecule has 2 aromatic heterocycles. The summed E-state index contributed by atoms with van der Waals surface area (Å²) >= 11 is 1.78. The monoisotopic (exact) mass is 314 g/mol. The molecule has 0 bridgehead atoms. The van der Waals surface area contributed by atoms with Crippen LogP contribution in [0, 0.1) is 5.92 Å². The highest BCUT2D eigenvalue weighted by molar-refractivity contribution is 7.09. The van der Waals surface area contributed by atoms with E-state index < -0.39 is 0 Å². The average Bonchev–Trinajstić information content (AvgIpc) is 3.19. The average molecular weight is 314 g/mol. The van der Waals surface area contributed by atoms with E-state index in [0.717, 1.165) is 25.0 Å². The van der Waals surface area contributed by atoms with Crippen molar-refractivity contribution in [1.82, 2.24) is 19.8 Å². The van der Waals surface area contributed by atoms with E-state index in [1.54, 1.807) is 11.3 Å². The summed E-state index contributed by atoms with van der Waals surface area (Å²) in [6.07, 6.45) is 8.39. The number of aromatic nitrogens is 2. The maximum Gasteiger partial charge on any atom is 0.107 e. The van der Waals surface area contributed by atoms with Crippen molar-refractivity contribution in [1.29, 1.82) is 0 Å². The lowest BCUT2D eigenvalue weighted by atomic mass is 9.92. The van der Waals surface area contributed by atoms with E-state index in [1.807, 2.05) is 24.7 Å². The first-order chi connectivity index (χ1) is 10.9. The Morgan fingerprint density at radius 3 is 3.00 bits per heavy atom. The summed E-state index contributed by atoms with van der Waals surface area (Å²) in [7, 11) is 0. The second kappa shape index (κ2) is 6.44. The van der Waals surface area contributed by atoms with Gasteiger partial charge in [-0.2, -0.15) is 0 Å². The van der Waals surface area contributed by atoms with E-state index >= 15 is 0 Å². The summed E-state index contributed by atoms with van der Waals surface area (Å²) in [5.41, 5.74) is 1.33. The Balaban J connectivity index is 1.35. The topological polar surface area (TPSA) is 32.3 Å². The van der Waals surface area contributed by atoms with Gasteiger partial charge in [0.15, 0.2) is 0 Å². The number of hydrogen-bond donors (Lipinski definition) is 0. The largest absolute Gasteiger partial charge is 0.299 e. The van der Waals surface area contributed by atoms with Crippen LogP contribution in [0.1, 0.15) is 23.4 Å². The molecule has 2 aliphatic rings. The molecule has 0 saturated carbocycles. The molecule has 0 N–H and O–H groups in total. The summed E-state index contributed by atoms with van der Waals surface area (Å²) in [4.78, 5) is 13.9. The number of thiazole rings is 1. The molecule has 2 atom stereocenters. The van der Waals surface area contributed by atoms with E-state index in [4.69, 9.17) is 0 Å². The maximum absolute atomic E-state index is 4.45. The van der Waals surface area contributed by atoms with Crippen LogP contribution in [-0.2, 0) is 13.1 Å². The van der Waals surface area contributed by atoms with Gasteiger partial charge in [0.2, 0.25) is 0 Å². The summed E-state index contributed by atoms with van der Waals surface area (Å²) in [6, 6.07) is 4.98. The first-order valence-corrected chi connectivity index (χ1v) is 9.00. The van der Waals surface area contributed by atoms with Crippen LogP contribution < -0.4 is 0 Å². The number of nitrogens with zero attached hydrogens (tertiary/aromatic N) is 4. The fourth-order valence-corrected chi connectivity index (χ4v) is 4.59. The fourth-order valence-electron chi connectivity index (χ4n) is 3.95. The Labute approximate surface area is 135 Å². The molecule has 2 aromatic rings. The summed E-state index contributed by atoms with van der Waals surface area (Å²) in [6.45, 7) is 5.75. The van der Waals surface area contributed by atoms with Crippen LogP contribution in [0.15, 0.2) is 36.1 Å². The summed E-state index contributed by atoms with van der Waals surface area (Å²) in [5, 5.41) is 3.35. The first kappa shape index (κ1) is 14.3.